The van der Waals surface area contributed by atoms with Crippen LogP contribution in [0.2, 0.25) is 0 Å². The lowest BCUT2D eigenvalue weighted by atomic mass is 9.88. The number of methoxy groups -OCH3 is 1. The molecule has 0 aromatic heterocycles. The van der Waals surface area contributed by atoms with E-state index in [9.17, 15) is 0 Å². The highest BCUT2D eigenvalue weighted by molar-refractivity contribution is 5.18. The highest BCUT2D eigenvalue weighted by Crippen LogP contribution is 2.25. The van der Waals surface area contributed by atoms with Crippen LogP contribution in [0.5, 0.6) is 0 Å². The Balaban J connectivity index is 1.81. The first-order valence-corrected chi connectivity index (χ1v) is 5.63. The molecule has 82 valence electrons. The molecule has 1 fully saturated rings. The van der Waals surface area contributed by atoms with E-state index in [4.69, 9.17) is 4.74 Å². The predicted octanol–water partition coefficient (Wildman–Crippen LogP) is 2.51. The Morgan fingerprint density at radius 2 is 1.93 bits per heavy atom. The number of hydrogen-bond donors (Lipinski definition) is 1. The van der Waals surface area contributed by atoms with Gasteiger partial charge in [0.2, 0.25) is 0 Å². The molecule has 1 N–H and O–H groups in total. The van der Waals surface area contributed by atoms with Crippen molar-refractivity contribution in [2.24, 2.45) is 0 Å². The molecular weight excluding hydrogens is 186 g/mol. The highest BCUT2D eigenvalue weighted by Gasteiger charge is 2.29. The van der Waals surface area contributed by atoms with Gasteiger partial charge in [-0.05, 0) is 25.3 Å². The predicted molar refractivity (Wildman–Crippen MR) is 61.8 cm³/mol. The van der Waals surface area contributed by atoms with E-state index in [2.05, 4.69) is 42.6 Å². The molecule has 15 heavy (non-hydrogen) atoms. The average molecular weight is 205 g/mol. The molecule has 1 aromatic rings. The Hall–Kier alpha value is -0.860. The molecule has 0 heterocycles. The van der Waals surface area contributed by atoms with Crippen molar-refractivity contribution in [3.63, 3.8) is 0 Å². The van der Waals surface area contributed by atoms with Crippen molar-refractivity contribution in [1.29, 1.82) is 0 Å². The van der Waals surface area contributed by atoms with Crippen LogP contribution in [0.15, 0.2) is 30.3 Å². The summed E-state index contributed by atoms with van der Waals surface area (Å²) in [5.74, 6) is 0. The summed E-state index contributed by atoms with van der Waals surface area (Å²) in [6, 6.07) is 11.6. The molecule has 2 rings (SSSR count). The van der Waals surface area contributed by atoms with Gasteiger partial charge in [0.15, 0.2) is 0 Å². The smallest absolute Gasteiger partial charge is 0.0601 e. The van der Waals surface area contributed by atoms with Crippen LogP contribution < -0.4 is 5.32 Å². The zero-order chi connectivity index (χ0) is 10.7. The molecular formula is C13H19NO. The molecule has 1 aliphatic rings. The highest BCUT2D eigenvalue weighted by atomic mass is 16.5. The summed E-state index contributed by atoms with van der Waals surface area (Å²) < 4.78 is 5.26. The van der Waals surface area contributed by atoms with Crippen LogP contribution >= 0.6 is 0 Å². The molecule has 1 unspecified atom stereocenters. The molecule has 1 aliphatic carbocycles. The van der Waals surface area contributed by atoms with E-state index in [0.29, 0.717) is 18.2 Å². The maximum atomic E-state index is 5.26. The number of benzene rings is 1. The Bertz CT molecular complexity index is 293. The van der Waals surface area contributed by atoms with Crippen LogP contribution in [0, 0.1) is 0 Å². The van der Waals surface area contributed by atoms with Crippen LogP contribution in [0.25, 0.3) is 0 Å². The average Bonchev–Trinajstić information content (AvgIpc) is 2.23. The Morgan fingerprint density at radius 3 is 2.53 bits per heavy atom. The van der Waals surface area contributed by atoms with Gasteiger partial charge >= 0.3 is 0 Å². The second-order valence-corrected chi connectivity index (χ2v) is 4.33. The van der Waals surface area contributed by atoms with Gasteiger partial charge in [-0.2, -0.15) is 0 Å². The summed E-state index contributed by atoms with van der Waals surface area (Å²) >= 11 is 0. The first kappa shape index (κ1) is 10.7. The van der Waals surface area contributed by atoms with Gasteiger partial charge in [0.25, 0.3) is 0 Å². The van der Waals surface area contributed by atoms with Crippen molar-refractivity contribution in [3.8, 4) is 0 Å². The van der Waals surface area contributed by atoms with Crippen molar-refractivity contribution in [3.05, 3.63) is 35.9 Å². The van der Waals surface area contributed by atoms with E-state index in [1.807, 2.05) is 0 Å². The molecule has 0 spiro atoms. The topological polar surface area (TPSA) is 21.3 Å². The fourth-order valence-corrected chi connectivity index (χ4v) is 2.09. The maximum Gasteiger partial charge on any atom is 0.0601 e. The summed E-state index contributed by atoms with van der Waals surface area (Å²) in [5, 5.41) is 3.62. The molecule has 0 amide bonds. The molecule has 0 aliphatic heterocycles. The quantitative estimate of drug-likeness (QED) is 0.815. The van der Waals surface area contributed by atoms with Gasteiger partial charge in [0, 0.05) is 19.2 Å². The fraction of sp³-hybridized carbons (Fsp3) is 0.538. The monoisotopic (exact) mass is 205 g/mol. The van der Waals surface area contributed by atoms with Gasteiger partial charge in [0.05, 0.1) is 6.10 Å². The summed E-state index contributed by atoms with van der Waals surface area (Å²) in [7, 11) is 1.79. The third kappa shape index (κ3) is 2.58. The number of hydrogen-bond acceptors (Lipinski definition) is 2. The summed E-state index contributed by atoms with van der Waals surface area (Å²) in [5.41, 5.74) is 1.36. The molecule has 0 saturated heterocycles. The summed E-state index contributed by atoms with van der Waals surface area (Å²) in [6.07, 6.45) is 2.77. The third-order valence-electron chi connectivity index (χ3n) is 3.21. The number of nitrogens with one attached hydrogen (secondary N) is 1. The minimum absolute atomic E-state index is 0.439. The first-order valence-electron chi connectivity index (χ1n) is 5.63. The largest absolute Gasteiger partial charge is 0.381 e. The lowest BCUT2D eigenvalue weighted by Gasteiger charge is -2.36. The van der Waals surface area contributed by atoms with E-state index >= 15 is 0 Å². The van der Waals surface area contributed by atoms with Gasteiger partial charge in [-0.25, -0.2) is 0 Å². The standard InChI is InChI=1S/C13H19NO/c1-10(11-6-4-3-5-7-11)14-12-8-13(9-12)15-2/h3-7,10,12-14H,8-9H2,1-2H3. The van der Waals surface area contributed by atoms with Crippen molar-refractivity contribution in [1.82, 2.24) is 5.32 Å². The van der Waals surface area contributed by atoms with Crippen molar-refractivity contribution >= 4 is 0 Å². The maximum absolute atomic E-state index is 5.26. The van der Waals surface area contributed by atoms with E-state index < -0.39 is 0 Å². The minimum atomic E-state index is 0.439. The molecule has 1 atom stereocenters. The molecule has 2 nitrogen and oxygen atoms in total. The zero-order valence-electron chi connectivity index (χ0n) is 9.44. The molecule has 2 heteroatoms. The van der Waals surface area contributed by atoms with Crippen molar-refractivity contribution < 1.29 is 4.74 Å². The minimum Gasteiger partial charge on any atom is -0.381 e. The Morgan fingerprint density at radius 1 is 1.27 bits per heavy atom. The van der Waals surface area contributed by atoms with Crippen LogP contribution in [0.3, 0.4) is 0 Å². The van der Waals surface area contributed by atoms with Crippen molar-refractivity contribution in [2.45, 2.75) is 38.0 Å². The van der Waals surface area contributed by atoms with E-state index in [-0.39, 0.29) is 0 Å². The first-order chi connectivity index (χ1) is 7.29. The molecule has 1 saturated carbocycles. The van der Waals surface area contributed by atoms with Crippen LogP contribution in [0.1, 0.15) is 31.4 Å². The second kappa shape index (κ2) is 4.77. The normalized spacial score (nSPS) is 27.1. The van der Waals surface area contributed by atoms with Gasteiger partial charge in [-0.1, -0.05) is 30.3 Å². The summed E-state index contributed by atoms with van der Waals surface area (Å²) in [6.45, 7) is 2.22. The molecule has 1 aromatic carbocycles. The summed E-state index contributed by atoms with van der Waals surface area (Å²) in [4.78, 5) is 0. The van der Waals surface area contributed by atoms with Gasteiger partial charge in [-0.3, -0.25) is 0 Å². The lowest BCUT2D eigenvalue weighted by molar-refractivity contribution is 0.0147. The Kier molecular flexibility index (Phi) is 3.39. The molecule has 0 radical (unpaired) electrons. The lowest BCUT2D eigenvalue weighted by Crippen LogP contribution is -2.45. The van der Waals surface area contributed by atoms with E-state index in [1.54, 1.807) is 7.11 Å². The fourth-order valence-electron chi connectivity index (χ4n) is 2.09. The number of rotatable bonds is 4. The zero-order valence-corrected chi connectivity index (χ0v) is 9.44. The van der Waals surface area contributed by atoms with Crippen LogP contribution in [0.4, 0.5) is 0 Å². The second-order valence-electron chi connectivity index (χ2n) is 4.33. The third-order valence-corrected chi connectivity index (χ3v) is 3.21. The van der Waals surface area contributed by atoms with E-state index in [1.165, 1.54) is 5.56 Å². The van der Waals surface area contributed by atoms with Crippen molar-refractivity contribution in [2.75, 3.05) is 7.11 Å². The molecule has 0 bridgehead atoms. The van der Waals surface area contributed by atoms with Crippen LogP contribution in [-0.4, -0.2) is 19.3 Å². The van der Waals surface area contributed by atoms with E-state index in [0.717, 1.165) is 12.8 Å². The van der Waals surface area contributed by atoms with Gasteiger partial charge < -0.3 is 10.1 Å². The van der Waals surface area contributed by atoms with Gasteiger partial charge in [-0.15, -0.1) is 0 Å². The van der Waals surface area contributed by atoms with Crippen LogP contribution in [-0.2, 0) is 4.74 Å². The SMILES string of the molecule is COC1CC(NC(C)c2ccccc2)C1. The number of ether oxygens (including phenoxy) is 1. The van der Waals surface area contributed by atoms with Gasteiger partial charge in [0.1, 0.15) is 0 Å². The Labute approximate surface area is 91.6 Å².